The van der Waals surface area contributed by atoms with Crippen LogP contribution in [0.2, 0.25) is 0 Å². The third-order valence-corrected chi connectivity index (χ3v) is 1.33. The third kappa shape index (κ3) is 3.34. The van der Waals surface area contributed by atoms with Crippen LogP contribution in [0.15, 0.2) is 0 Å². The van der Waals surface area contributed by atoms with Crippen LogP contribution in [0.3, 0.4) is 0 Å². The van der Waals surface area contributed by atoms with Crippen molar-refractivity contribution in [3.63, 3.8) is 0 Å². The topological polar surface area (TPSA) is 23.5 Å². The van der Waals surface area contributed by atoms with E-state index in [1.54, 1.807) is 0 Å². The maximum Gasteiger partial charge on any atom is 2.00 e. The zero-order chi connectivity index (χ0) is 5.98. The first-order valence-electron chi connectivity index (χ1n) is 2.85. The Balaban J connectivity index is 0.000000640. The Bertz CT molecular complexity index is 61.5. The number of piperidine rings is 1. The molecule has 0 aromatic carbocycles. The molecule has 0 saturated carbocycles. The van der Waals surface area contributed by atoms with E-state index in [-0.39, 0.29) is 27.2 Å². The number of aliphatic hydroxyl groups excluding tert-OH is 1. The van der Waals surface area contributed by atoms with E-state index in [9.17, 15) is 0 Å². The normalized spacial score (nSPS) is 23.3. The van der Waals surface area contributed by atoms with Gasteiger partial charge in [-0.05, 0) is 0 Å². The molecule has 1 rings (SSSR count). The van der Waals surface area contributed by atoms with Crippen LogP contribution in [-0.4, -0.2) is 23.2 Å². The molecule has 0 atom stereocenters. The fraction of sp³-hybridized carbons (Fsp3) is 0.667. The van der Waals surface area contributed by atoms with Crippen molar-refractivity contribution in [3.8, 4) is 0 Å². The Labute approximate surface area is 70.5 Å². The SMILES string of the molecule is CN1[CH-]CC(O)C[CH-]1.[W+2]. The summed E-state index contributed by atoms with van der Waals surface area (Å²) in [5, 5.41) is 8.94. The molecule has 0 aromatic rings. The quantitative estimate of drug-likeness (QED) is 0.654. The summed E-state index contributed by atoms with van der Waals surface area (Å²) in [5.74, 6) is 0. The van der Waals surface area contributed by atoms with Crippen LogP contribution in [-0.2, 0) is 21.1 Å². The van der Waals surface area contributed by atoms with Crippen LogP contribution in [0.1, 0.15) is 12.8 Å². The van der Waals surface area contributed by atoms with Crippen molar-refractivity contribution in [2.75, 3.05) is 7.05 Å². The molecule has 3 heteroatoms. The zero-order valence-electron chi connectivity index (χ0n) is 5.45. The van der Waals surface area contributed by atoms with Gasteiger partial charge in [0.1, 0.15) is 0 Å². The summed E-state index contributed by atoms with van der Waals surface area (Å²) < 4.78 is 0. The van der Waals surface area contributed by atoms with E-state index in [1.165, 1.54) is 0 Å². The number of hydrogen-bond acceptors (Lipinski definition) is 2. The summed E-state index contributed by atoms with van der Waals surface area (Å²) in [5.41, 5.74) is 0. The van der Waals surface area contributed by atoms with E-state index in [0.717, 1.165) is 12.8 Å². The van der Waals surface area contributed by atoms with Crippen molar-refractivity contribution in [2.45, 2.75) is 18.9 Å². The molecule has 2 nitrogen and oxygen atoms in total. The number of hydrogen-bond donors (Lipinski definition) is 1. The average molecular weight is 297 g/mol. The number of aliphatic hydroxyl groups is 1. The molecule has 1 fully saturated rings. The van der Waals surface area contributed by atoms with E-state index >= 15 is 0 Å². The molecule has 1 heterocycles. The van der Waals surface area contributed by atoms with Gasteiger partial charge in [-0.15, -0.1) is 12.8 Å². The Hall–Kier alpha value is 0.608. The molecule has 0 bridgehead atoms. The van der Waals surface area contributed by atoms with Gasteiger partial charge >= 0.3 is 21.1 Å². The van der Waals surface area contributed by atoms with Crippen molar-refractivity contribution >= 4 is 0 Å². The molecule has 0 aliphatic carbocycles. The third-order valence-electron chi connectivity index (χ3n) is 1.33. The molecule has 0 aromatic heterocycles. The van der Waals surface area contributed by atoms with Gasteiger partial charge in [0.05, 0.1) is 0 Å². The Kier molecular flexibility index (Phi) is 4.73. The van der Waals surface area contributed by atoms with E-state index in [2.05, 4.69) is 0 Å². The molecule has 0 radical (unpaired) electrons. The minimum Gasteiger partial charge on any atom is -0.607 e. The molecule has 1 aliphatic rings. The van der Waals surface area contributed by atoms with Crippen molar-refractivity contribution in [2.24, 2.45) is 0 Å². The number of rotatable bonds is 0. The Morgan fingerprint density at radius 3 is 2.22 bits per heavy atom. The van der Waals surface area contributed by atoms with Crippen LogP contribution in [0.4, 0.5) is 0 Å². The standard InChI is InChI=1S/C6H11NO.W/c1-7-4-2-6(8)3-5-7;/h4-6,8H,2-3H2,1H3;/q-2;+2. The van der Waals surface area contributed by atoms with Crippen LogP contribution >= 0.6 is 0 Å². The largest absolute Gasteiger partial charge is 2.00 e. The van der Waals surface area contributed by atoms with Gasteiger partial charge in [0.2, 0.25) is 0 Å². The smallest absolute Gasteiger partial charge is 0.607 e. The summed E-state index contributed by atoms with van der Waals surface area (Å²) in [6, 6.07) is 0. The summed E-state index contributed by atoms with van der Waals surface area (Å²) in [6.45, 7) is 3.96. The molecule has 1 N–H and O–H groups in total. The molecule has 0 amide bonds. The summed E-state index contributed by atoms with van der Waals surface area (Å²) in [4.78, 5) is 1.99. The van der Waals surface area contributed by atoms with Crippen molar-refractivity contribution in [1.29, 1.82) is 0 Å². The monoisotopic (exact) mass is 297 g/mol. The molecule has 1 aliphatic heterocycles. The molecular weight excluding hydrogens is 286 g/mol. The van der Waals surface area contributed by atoms with Crippen LogP contribution in [0.25, 0.3) is 0 Å². The molecular formula is C6H11NOW. The molecule has 9 heavy (non-hydrogen) atoms. The zero-order valence-corrected chi connectivity index (χ0v) is 8.38. The second kappa shape index (κ2) is 4.43. The fourth-order valence-electron chi connectivity index (χ4n) is 0.747. The van der Waals surface area contributed by atoms with E-state index in [0.29, 0.717) is 0 Å². The van der Waals surface area contributed by atoms with Crippen LogP contribution < -0.4 is 0 Å². The minimum atomic E-state index is -0.133. The maximum absolute atomic E-state index is 8.94. The number of nitrogens with zero attached hydrogens (tertiary/aromatic N) is 1. The van der Waals surface area contributed by atoms with Gasteiger partial charge in [-0.2, -0.15) is 0 Å². The predicted octanol–water partition coefficient (Wildman–Crippen LogP) is 0.394. The van der Waals surface area contributed by atoms with Crippen LogP contribution in [0, 0.1) is 13.1 Å². The Morgan fingerprint density at radius 2 is 1.89 bits per heavy atom. The van der Waals surface area contributed by atoms with Gasteiger partial charge < -0.3 is 10.0 Å². The van der Waals surface area contributed by atoms with Gasteiger partial charge in [0.25, 0.3) is 0 Å². The van der Waals surface area contributed by atoms with E-state index in [4.69, 9.17) is 5.11 Å². The van der Waals surface area contributed by atoms with Gasteiger partial charge in [0, 0.05) is 6.10 Å². The maximum atomic E-state index is 8.94. The Morgan fingerprint density at radius 1 is 1.44 bits per heavy atom. The average Bonchev–Trinajstić information content (AvgIpc) is 1.77. The molecule has 1 saturated heterocycles. The van der Waals surface area contributed by atoms with Gasteiger partial charge in [-0.1, -0.05) is 7.05 Å². The van der Waals surface area contributed by atoms with Gasteiger partial charge in [0.15, 0.2) is 0 Å². The fourth-order valence-corrected chi connectivity index (χ4v) is 0.747. The molecule has 52 valence electrons. The van der Waals surface area contributed by atoms with Gasteiger partial charge in [-0.3, -0.25) is 13.1 Å². The summed E-state index contributed by atoms with van der Waals surface area (Å²) in [7, 11) is 1.98. The second-order valence-corrected chi connectivity index (χ2v) is 2.16. The molecule has 0 spiro atoms. The summed E-state index contributed by atoms with van der Waals surface area (Å²) >= 11 is 0. The second-order valence-electron chi connectivity index (χ2n) is 2.16. The van der Waals surface area contributed by atoms with Crippen LogP contribution in [0.5, 0.6) is 0 Å². The minimum absolute atomic E-state index is 0. The van der Waals surface area contributed by atoms with Gasteiger partial charge in [-0.25, -0.2) is 0 Å². The van der Waals surface area contributed by atoms with Crippen molar-refractivity contribution in [1.82, 2.24) is 4.90 Å². The first kappa shape index (κ1) is 9.61. The first-order valence-corrected chi connectivity index (χ1v) is 2.85. The first-order chi connectivity index (χ1) is 3.79. The van der Waals surface area contributed by atoms with Crippen molar-refractivity contribution < 1.29 is 26.2 Å². The van der Waals surface area contributed by atoms with E-state index in [1.807, 2.05) is 25.0 Å². The summed E-state index contributed by atoms with van der Waals surface area (Å²) in [6.07, 6.45) is 1.46. The molecule has 0 unspecified atom stereocenters. The van der Waals surface area contributed by atoms with E-state index < -0.39 is 0 Å². The number of likely N-dealkylation sites (tertiary alicyclic amines) is 1. The predicted molar refractivity (Wildman–Crippen MR) is 31.6 cm³/mol. The van der Waals surface area contributed by atoms with Crippen molar-refractivity contribution in [3.05, 3.63) is 13.1 Å².